The quantitative estimate of drug-likeness (QED) is 0.228. The summed E-state index contributed by atoms with van der Waals surface area (Å²) >= 11 is 0. The van der Waals surface area contributed by atoms with Gasteiger partial charge < -0.3 is 4.74 Å². The molecule has 2 aliphatic rings. The predicted octanol–water partition coefficient (Wildman–Crippen LogP) is 8.48. The number of hydrogen-bond acceptors (Lipinski definition) is 2. The van der Waals surface area contributed by atoms with Gasteiger partial charge in [-0.1, -0.05) is 56.9 Å². The predicted molar refractivity (Wildman–Crippen MR) is 135 cm³/mol. The van der Waals surface area contributed by atoms with Crippen LogP contribution in [0.4, 0.5) is 0 Å². The summed E-state index contributed by atoms with van der Waals surface area (Å²) in [5.41, 5.74) is 3.09. The molecular weight excluding hydrogens is 392 g/mol. The first kappa shape index (κ1) is 25.1. The number of ketones is 1. The molecule has 1 atom stereocenters. The lowest BCUT2D eigenvalue weighted by Gasteiger charge is -2.29. The summed E-state index contributed by atoms with van der Waals surface area (Å²) in [6.07, 6.45) is 20.9. The molecule has 0 amide bonds. The van der Waals surface area contributed by atoms with Gasteiger partial charge in [0.05, 0.1) is 6.61 Å². The Kier molecular flexibility index (Phi) is 10.9. The molecular formula is C30H46O2. The average Bonchev–Trinajstić information content (AvgIpc) is 2.85. The van der Waals surface area contributed by atoms with Crippen LogP contribution in [-0.4, -0.2) is 12.4 Å². The number of ether oxygens (including phenoxy) is 1. The summed E-state index contributed by atoms with van der Waals surface area (Å²) in [7, 11) is 0. The molecule has 0 heterocycles. The number of carbonyl (C=O) groups excluding carboxylic acids is 1. The molecule has 1 saturated carbocycles. The number of carbonyl (C=O) groups is 1. The fourth-order valence-corrected chi connectivity index (χ4v) is 5.56. The van der Waals surface area contributed by atoms with E-state index in [1.165, 1.54) is 69.8 Å². The lowest BCUT2D eigenvalue weighted by molar-refractivity contribution is -0.123. The van der Waals surface area contributed by atoms with Gasteiger partial charge in [-0.25, -0.2) is 0 Å². The van der Waals surface area contributed by atoms with Crippen molar-refractivity contribution in [2.24, 2.45) is 17.8 Å². The Morgan fingerprint density at radius 2 is 1.66 bits per heavy atom. The summed E-state index contributed by atoms with van der Waals surface area (Å²) in [6.45, 7) is 5.07. The van der Waals surface area contributed by atoms with Gasteiger partial charge in [-0.2, -0.15) is 0 Å². The van der Waals surface area contributed by atoms with Crippen molar-refractivity contribution >= 4 is 5.78 Å². The second-order valence-corrected chi connectivity index (χ2v) is 10.3. The third-order valence-electron chi connectivity index (χ3n) is 7.92. The Morgan fingerprint density at radius 3 is 2.31 bits per heavy atom. The number of aryl methyl sites for hydroxylation is 1. The van der Waals surface area contributed by atoms with Gasteiger partial charge in [0, 0.05) is 12.3 Å². The summed E-state index contributed by atoms with van der Waals surface area (Å²) in [4.78, 5) is 11.9. The van der Waals surface area contributed by atoms with Gasteiger partial charge in [0.15, 0.2) is 0 Å². The third kappa shape index (κ3) is 8.41. The highest BCUT2D eigenvalue weighted by Crippen LogP contribution is 2.36. The summed E-state index contributed by atoms with van der Waals surface area (Å²) in [5, 5.41) is 0. The van der Waals surface area contributed by atoms with Crippen LogP contribution in [-0.2, 0) is 11.2 Å². The monoisotopic (exact) mass is 438 g/mol. The van der Waals surface area contributed by atoms with Crippen LogP contribution in [0, 0.1) is 17.8 Å². The fourth-order valence-electron chi connectivity index (χ4n) is 5.56. The molecule has 2 nitrogen and oxygen atoms in total. The summed E-state index contributed by atoms with van der Waals surface area (Å²) in [5.74, 6) is 3.65. The lowest BCUT2D eigenvalue weighted by atomic mass is 9.76. The van der Waals surface area contributed by atoms with Crippen LogP contribution in [0.1, 0.15) is 109 Å². The van der Waals surface area contributed by atoms with E-state index in [-0.39, 0.29) is 0 Å². The van der Waals surface area contributed by atoms with Crippen molar-refractivity contribution in [1.29, 1.82) is 0 Å². The van der Waals surface area contributed by atoms with Crippen LogP contribution in [0.25, 0.3) is 0 Å². The molecule has 0 bridgehead atoms. The normalized spacial score (nSPS) is 23.6. The molecule has 1 unspecified atom stereocenters. The van der Waals surface area contributed by atoms with E-state index in [0.717, 1.165) is 56.3 Å². The molecule has 2 aliphatic carbocycles. The van der Waals surface area contributed by atoms with Crippen molar-refractivity contribution < 1.29 is 9.53 Å². The van der Waals surface area contributed by atoms with E-state index in [0.29, 0.717) is 11.7 Å². The molecule has 178 valence electrons. The maximum absolute atomic E-state index is 11.9. The van der Waals surface area contributed by atoms with Crippen molar-refractivity contribution in [1.82, 2.24) is 0 Å². The SMILES string of the molecule is CCCCCOc1ccc(CCC2=CCC(CC[C@H]3CC[C@H](C(=O)CC)CC3)CC2)cc1. The van der Waals surface area contributed by atoms with Crippen molar-refractivity contribution in [2.75, 3.05) is 6.61 Å². The van der Waals surface area contributed by atoms with E-state index in [4.69, 9.17) is 4.74 Å². The molecule has 0 aliphatic heterocycles. The standard InChI is InChI=1S/C30H46O2/c1-3-5-6-23-32-29-21-17-27(18-22-29)14-12-25-9-7-24(8-10-25)11-13-26-15-19-28(20-16-26)30(31)4-2/h9,17-18,21-22,24,26,28H,3-8,10-16,19-20,23H2,1-2H3/t24?,26-,28-. The highest BCUT2D eigenvalue weighted by Gasteiger charge is 2.25. The van der Waals surface area contributed by atoms with Crippen LogP contribution >= 0.6 is 0 Å². The first-order valence-electron chi connectivity index (χ1n) is 13.6. The molecule has 2 heteroatoms. The van der Waals surface area contributed by atoms with E-state index < -0.39 is 0 Å². The summed E-state index contributed by atoms with van der Waals surface area (Å²) in [6, 6.07) is 8.75. The second kappa shape index (κ2) is 13.9. The zero-order chi connectivity index (χ0) is 22.6. The van der Waals surface area contributed by atoms with Crippen molar-refractivity contribution in [3.8, 4) is 5.75 Å². The van der Waals surface area contributed by atoms with Crippen molar-refractivity contribution in [3.05, 3.63) is 41.5 Å². The van der Waals surface area contributed by atoms with Crippen LogP contribution in [0.15, 0.2) is 35.9 Å². The molecule has 0 aromatic heterocycles. The van der Waals surface area contributed by atoms with Gasteiger partial charge in [0.1, 0.15) is 11.5 Å². The second-order valence-electron chi connectivity index (χ2n) is 10.3. The zero-order valence-corrected chi connectivity index (χ0v) is 20.7. The van der Waals surface area contributed by atoms with Gasteiger partial charge in [0.2, 0.25) is 0 Å². The smallest absolute Gasteiger partial charge is 0.135 e. The van der Waals surface area contributed by atoms with E-state index in [1.54, 1.807) is 5.57 Å². The van der Waals surface area contributed by atoms with Crippen LogP contribution in [0.2, 0.25) is 0 Å². The van der Waals surface area contributed by atoms with Gasteiger partial charge in [-0.3, -0.25) is 4.79 Å². The molecule has 1 aromatic carbocycles. The number of allylic oxidation sites excluding steroid dienone is 2. The Balaban J connectivity index is 1.30. The Morgan fingerprint density at radius 1 is 0.906 bits per heavy atom. The minimum Gasteiger partial charge on any atom is -0.494 e. The highest BCUT2D eigenvalue weighted by atomic mass is 16.5. The van der Waals surface area contributed by atoms with Gasteiger partial charge in [-0.15, -0.1) is 0 Å². The van der Waals surface area contributed by atoms with E-state index in [1.807, 2.05) is 6.92 Å². The van der Waals surface area contributed by atoms with Crippen molar-refractivity contribution in [3.63, 3.8) is 0 Å². The Hall–Kier alpha value is -1.57. The molecule has 0 radical (unpaired) electrons. The first-order chi connectivity index (χ1) is 15.7. The van der Waals surface area contributed by atoms with E-state index in [9.17, 15) is 4.79 Å². The number of hydrogen-bond donors (Lipinski definition) is 0. The molecule has 0 saturated heterocycles. The Labute approximate surface area is 197 Å². The molecule has 32 heavy (non-hydrogen) atoms. The number of benzene rings is 1. The lowest BCUT2D eigenvalue weighted by Crippen LogP contribution is -2.21. The maximum Gasteiger partial charge on any atom is 0.135 e. The van der Waals surface area contributed by atoms with Crippen LogP contribution in [0.5, 0.6) is 5.75 Å². The third-order valence-corrected chi connectivity index (χ3v) is 7.92. The number of Topliss-reactive ketones (excluding diaryl/α,β-unsaturated/α-hetero) is 1. The fraction of sp³-hybridized carbons (Fsp3) is 0.700. The molecule has 1 fully saturated rings. The van der Waals surface area contributed by atoms with Crippen LogP contribution in [0.3, 0.4) is 0 Å². The van der Waals surface area contributed by atoms with Crippen molar-refractivity contribution in [2.45, 2.75) is 110 Å². The van der Waals surface area contributed by atoms with E-state index >= 15 is 0 Å². The van der Waals surface area contributed by atoms with Gasteiger partial charge >= 0.3 is 0 Å². The molecule has 0 N–H and O–H groups in total. The van der Waals surface area contributed by atoms with Crippen LogP contribution < -0.4 is 4.74 Å². The van der Waals surface area contributed by atoms with Gasteiger partial charge in [-0.05, 0) is 100 Å². The number of rotatable bonds is 13. The average molecular weight is 439 g/mol. The largest absolute Gasteiger partial charge is 0.494 e. The minimum absolute atomic E-state index is 0.381. The highest BCUT2D eigenvalue weighted by molar-refractivity contribution is 5.80. The molecule has 0 spiro atoms. The first-order valence-corrected chi connectivity index (χ1v) is 13.6. The zero-order valence-electron chi connectivity index (χ0n) is 20.7. The topological polar surface area (TPSA) is 26.3 Å². The Bertz CT molecular complexity index is 694. The summed E-state index contributed by atoms with van der Waals surface area (Å²) < 4.78 is 5.83. The molecule has 1 aromatic rings. The minimum atomic E-state index is 0.381. The van der Waals surface area contributed by atoms with Gasteiger partial charge in [0.25, 0.3) is 0 Å². The number of unbranched alkanes of at least 4 members (excludes halogenated alkanes) is 2. The maximum atomic E-state index is 11.9. The molecule has 3 rings (SSSR count). The van der Waals surface area contributed by atoms with E-state index in [2.05, 4.69) is 37.3 Å².